The maximum atomic E-state index is 3.53. The van der Waals surface area contributed by atoms with Crippen molar-refractivity contribution in [2.45, 2.75) is 19.3 Å². The van der Waals surface area contributed by atoms with E-state index in [1.165, 1.54) is 13.1 Å². The van der Waals surface area contributed by atoms with Crippen LogP contribution >= 0.6 is 0 Å². The SMILES string of the molecule is C1C[C@@H]2C[C@@H]1[C@H]1CNC[C@H]21. The smallest absolute Gasteiger partial charge is 0.00145 e. The predicted octanol–water partition coefficient (Wildman–Crippen LogP) is 1.25. The van der Waals surface area contributed by atoms with Gasteiger partial charge in [-0.15, -0.1) is 0 Å². The van der Waals surface area contributed by atoms with Crippen LogP contribution in [0.15, 0.2) is 0 Å². The van der Waals surface area contributed by atoms with Gasteiger partial charge >= 0.3 is 0 Å². The number of fused-ring (bicyclic) bond motifs is 5. The fourth-order valence-corrected chi connectivity index (χ4v) is 3.58. The summed E-state index contributed by atoms with van der Waals surface area (Å²) in [6.07, 6.45) is 4.68. The Morgan fingerprint density at radius 3 is 2.10 bits per heavy atom. The van der Waals surface area contributed by atoms with Crippen LogP contribution in [0, 0.1) is 23.7 Å². The Bertz CT molecular complexity index is 139. The second-order valence-corrected chi connectivity index (χ2v) is 4.32. The molecule has 2 saturated carbocycles. The van der Waals surface area contributed by atoms with E-state index in [0.29, 0.717) is 0 Å². The lowest BCUT2D eigenvalue weighted by atomic mass is 9.82. The van der Waals surface area contributed by atoms with Crippen LogP contribution in [0.2, 0.25) is 0 Å². The summed E-state index contributed by atoms with van der Waals surface area (Å²) in [6, 6.07) is 0. The molecule has 3 fully saturated rings. The van der Waals surface area contributed by atoms with E-state index in [9.17, 15) is 0 Å². The minimum absolute atomic E-state index is 1.10. The summed E-state index contributed by atoms with van der Waals surface area (Å²) in [5.41, 5.74) is 0. The standard InChI is InChI=1S/C9H15N/c1-2-7-3-6(1)8-4-10-5-9(7)8/h6-10H,1-5H2/t6-,7-,8-,9-/m1/s1. The second kappa shape index (κ2) is 1.76. The van der Waals surface area contributed by atoms with Crippen molar-refractivity contribution in [1.82, 2.24) is 5.32 Å². The first-order valence-corrected chi connectivity index (χ1v) is 4.66. The molecular formula is C9H15N. The molecule has 0 amide bonds. The molecule has 1 aliphatic heterocycles. The minimum Gasteiger partial charge on any atom is -0.316 e. The van der Waals surface area contributed by atoms with Gasteiger partial charge in [0.15, 0.2) is 0 Å². The maximum absolute atomic E-state index is 3.53. The zero-order valence-corrected chi connectivity index (χ0v) is 6.34. The Balaban J connectivity index is 1.92. The van der Waals surface area contributed by atoms with Crippen LogP contribution in [0.3, 0.4) is 0 Å². The fourth-order valence-electron chi connectivity index (χ4n) is 3.58. The average molecular weight is 137 g/mol. The molecule has 0 spiro atoms. The quantitative estimate of drug-likeness (QED) is 0.530. The van der Waals surface area contributed by atoms with Gasteiger partial charge in [-0.1, -0.05) is 0 Å². The van der Waals surface area contributed by atoms with Crippen molar-refractivity contribution in [2.75, 3.05) is 13.1 Å². The molecule has 2 aliphatic carbocycles. The summed E-state index contributed by atoms with van der Waals surface area (Å²) >= 11 is 0. The third kappa shape index (κ3) is 0.531. The number of hydrogen-bond acceptors (Lipinski definition) is 1. The lowest BCUT2D eigenvalue weighted by Gasteiger charge is -2.22. The van der Waals surface area contributed by atoms with Gasteiger partial charge in [0.1, 0.15) is 0 Å². The molecule has 0 aromatic rings. The monoisotopic (exact) mass is 137 g/mol. The molecule has 1 heterocycles. The number of nitrogens with one attached hydrogen (secondary N) is 1. The lowest BCUT2D eigenvalue weighted by molar-refractivity contribution is 0.281. The summed E-state index contributed by atoms with van der Waals surface area (Å²) in [7, 11) is 0. The van der Waals surface area contributed by atoms with E-state index in [4.69, 9.17) is 0 Å². The van der Waals surface area contributed by atoms with Crippen molar-refractivity contribution in [2.24, 2.45) is 23.7 Å². The Morgan fingerprint density at radius 2 is 1.50 bits per heavy atom. The van der Waals surface area contributed by atoms with Crippen LogP contribution in [0.1, 0.15) is 19.3 Å². The molecule has 56 valence electrons. The van der Waals surface area contributed by atoms with E-state index >= 15 is 0 Å². The normalized spacial score (nSPS) is 57.6. The molecule has 1 nitrogen and oxygen atoms in total. The van der Waals surface area contributed by atoms with Crippen molar-refractivity contribution in [3.05, 3.63) is 0 Å². The summed E-state index contributed by atoms with van der Waals surface area (Å²) in [5, 5.41) is 3.53. The zero-order chi connectivity index (χ0) is 6.55. The fraction of sp³-hybridized carbons (Fsp3) is 1.00. The van der Waals surface area contributed by atoms with Gasteiger partial charge in [0.25, 0.3) is 0 Å². The van der Waals surface area contributed by atoms with Crippen molar-refractivity contribution in [3.63, 3.8) is 0 Å². The average Bonchev–Trinajstić information content (AvgIpc) is 2.60. The molecule has 1 heteroatoms. The van der Waals surface area contributed by atoms with Gasteiger partial charge in [-0.2, -0.15) is 0 Å². The van der Waals surface area contributed by atoms with Gasteiger partial charge in [0.05, 0.1) is 0 Å². The highest BCUT2D eigenvalue weighted by Gasteiger charge is 2.48. The van der Waals surface area contributed by atoms with E-state index in [1.54, 1.807) is 19.3 Å². The highest BCUT2D eigenvalue weighted by atomic mass is 14.9. The number of rotatable bonds is 0. The summed E-state index contributed by atoms with van der Waals surface area (Å²) in [5.74, 6) is 4.45. The molecule has 0 aromatic carbocycles. The second-order valence-electron chi connectivity index (χ2n) is 4.32. The molecule has 0 radical (unpaired) electrons. The molecule has 3 rings (SSSR count). The molecule has 0 unspecified atom stereocenters. The largest absolute Gasteiger partial charge is 0.316 e. The molecule has 3 aliphatic rings. The van der Waals surface area contributed by atoms with E-state index in [1.807, 2.05) is 0 Å². The van der Waals surface area contributed by atoms with Gasteiger partial charge in [-0.05, 0) is 56.0 Å². The van der Waals surface area contributed by atoms with Gasteiger partial charge in [-0.3, -0.25) is 0 Å². The van der Waals surface area contributed by atoms with Crippen LogP contribution in [0.25, 0.3) is 0 Å². The molecule has 4 atom stereocenters. The van der Waals surface area contributed by atoms with E-state index in [2.05, 4.69) is 5.32 Å². The molecule has 0 aromatic heterocycles. The Morgan fingerprint density at radius 1 is 0.900 bits per heavy atom. The highest BCUT2D eigenvalue weighted by molar-refractivity contribution is 5.00. The first-order valence-electron chi connectivity index (χ1n) is 4.66. The molecule has 10 heavy (non-hydrogen) atoms. The van der Waals surface area contributed by atoms with Gasteiger partial charge in [0, 0.05) is 0 Å². The van der Waals surface area contributed by atoms with Crippen LogP contribution in [0.4, 0.5) is 0 Å². The van der Waals surface area contributed by atoms with Crippen LogP contribution < -0.4 is 5.32 Å². The Kier molecular flexibility index (Phi) is 0.984. The van der Waals surface area contributed by atoms with E-state index in [0.717, 1.165) is 23.7 Å². The summed E-state index contributed by atoms with van der Waals surface area (Å²) in [4.78, 5) is 0. The predicted molar refractivity (Wildman–Crippen MR) is 40.7 cm³/mol. The summed E-state index contributed by atoms with van der Waals surface area (Å²) in [6.45, 7) is 2.68. The topological polar surface area (TPSA) is 12.0 Å². The van der Waals surface area contributed by atoms with Crippen LogP contribution in [-0.2, 0) is 0 Å². The van der Waals surface area contributed by atoms with Crippen LogP contribution in [-0.4, -0.2) is 13.1 Å². The van der Waals surface area contributed by atoms with Crippen molar-refractivity contribution < 1.29 is 0 Å². The summed E-state index contributed by atoms with van der Waals surface area (Å²) < 4.78 is 0. The first kappa shape index (κ1) is 5.59. The van der Waals surface area contributed by atoms with Gasteiger partial charge < -0.3 is 5.32 Å². The molecule has 2 bridgehead atoms. The van der Waals surface area contributed by atoms with E-state index in [-0.39, 0.29) is 0 Å². The third-order valence-corrected chi connectivity index (χ3v) is 4.03. The van der Waals surface area contributed by atoms with Crippen molar-refractivity contribution >= 4 is 0 Å². The van der Waals surface area contributed by atoms with Gasteiger partial charge in [-0.25, -0.2) is 0 Å². The highest BCUT2D eigenvalue weighted by Crippen LogP contribution is 2.53. The van der Waals surface area contributed by atoms with E-state index < -0.39 is 0 Å². The zero-order valence-electron chi connectivity index (χ0n) is 6.34. The van der Waals surface area contributed by atoms with Crippen molar-refractivity contribution in [1.29, 1.82) is 0 Å². The van der Waals surface area contributed by atoms with Crippen LogP contribution in [0.5, 0.6) is 0 Å². The third-order valence-electron chi connectivity index (χ3n) is 4.03. The maximum Gasteiger partial charge on any atom is -0.00145 e. The van der Waals surface area contributed by atoms with Gasteiger partial charge in [0.2, 0.25) is 0 Å². The molecule has 1 saturated heterocycles. The lowest BCUT2D eigenvalue weighted by Crippen LogP contribution is -2.19. The molecular weight excluding hydrogens is 122 g/mol. The Hall–Kier alpha value is -0.0400. The first-order chi connectivity index (χ1) is 4.95. The van der Waals surface area contributed by atoms with Crippen molar-refractivity contribution in [3.8, 4) is 0 Å². The number of hydrogen-bond donors (Lipinski definition) is 1. The minimum atomic E-state index is 1.10. The molecule has 1 N–H and O–H groups in total. The Labute approximate surface area is 62.2 Å².